The second-order valence-corrected chi connectivity index (χ2v) is 19.5. The van der Waals surface area contributed by atoms with Crippen LogP contribution in [0.5, 0.6) is 0 Å². The van der Waals surface area contributed by atoms with Gasteiger partial charge in [-0.3, -0.25) is 14.4 Å². The molecule has 0 aliphatic carbocycles. The van der Waals surface area contributed by atoms with Gasteiger partial charge in [-0.25, -0.2) is 0 Å². The van der Waals surface area contributed by atoms with Gasteiger partial charge in [0.25, 0.3) is 0 Å². The lowest BCUT2D eigenvalue weighted by Crippen LogP contribution is -2.30. The molecule has 0 radical (unpaired) electrons. The van der Waals surface area contributed by atoms with Crippen molar-refractivity contribution in [3.05, 3.63) is 97.2 Å². The zero-order valence-corrected chi connectivity index (χ0v) is 46.5. The number of unbranched alkanes of at least 4 members (excludes halogenated alkanes) is 27. The number of carbonyl (C=O) groups excluding carboxylic acids is 3. The highest BCUT2D eigenvalue weighted by atomic mass is 16.6. The van der Waals surface area contributed by atoms with Gasteiger partial charge >= 0.3 is 17.9 Å². The summed E-state index contributed by atoms with van der Waals surface area (Å²) in [5.74, 6) is -1.05. The standard InChI is InChI=1S/C65H110O6/c1-4-7-10-13-16-19-22-25-28-30-31-32-33-35-37-40-43-46-49-52-55-58-64(67)70-61-62(60-69-63(66)57-54-51-48-45-42-39-36-27-24-21-18-15-12-9-6-3)71-65(68)59-56-53-50-47-44-41-38-34-29-26-23-20-17-14-11-8-5-2/h8-9,11-12,17-18,20-21,26-27,29,36,42,45,51,54,62H,4-7,10,13-16,19,22-25,28,30-35,37-41,43-44,46-50,52-53,55-61H2,1-3H3/b11-8-,12-9-,20-17-,21-18-,29-26-,36-27-,45-42-,54-51-. The SMILES string of the molecule is CC/C=C\C/C=C\C/C=C\C/C=C\C/C=C\CC(=O)OCC(COC(=O)CCCCCCCCCCCCCCCCCCCCCCC)OC(=O)CCCCCCCCC/C=C\C/C=C\C/C=C\CC. The molecule has 0 spiro atoms. The topological polar surface area (TPSA) is 78.9 Å². The van der Waals surface area contributed by atoms with Gasteiger partial charge in [-0.15, -0.1) is 0 Å². The predicted molar refractivity (Wildman–Crippen MR) is 307 cm³/mol. The van der Waals surface area contributed by atoms with Crippen LogP contribution in [0.2, 0.25) is 0 Å². The van der Waals surface area contributed by atoms with E-state index in [1.54, 1.807) is 6.08 Å². The van der Waals surface area contributed by atoms with Gasteiger partial charge in [0.2, 0.25) is 0 Å². The molecular weight excluding hydrogens is 877 g/mol. The lowest BCUT2D eigenvalue weighted by molar-refractivity contribution is -0.166. The first-order chi connectivity index (χ1) is 35.0. The molecule has 0 N–H and O–H groups in total. The quantitative estimate of drug-likeness (QED) is 0.0261. The molecule has 0 heterocycles. The highest BCUT2D eigenvalue weighted by Gasteiger charge is 2.19. The molecule has 71 heavy (non-hydrogen) atoms. The average molecular weight is 988 g/mol. The van der Waals surface area contributed by atoms with Crippen LogP contribution in [0, 0.1) is 0 Å². The highest BCUT2D eigenvalue weighted by Crippen LogP contribution is 2.16. The Hall–Kier alpha value is -3.67. The first-order valence-electron chi connectivity index (χ1n) is 29.7. The number of hydrogen-bond acceptors (Lipinski definition) is 6. The maximum absolute atomic E-state index is 12.9. The van der Waals surface area contributed by atoms with Crippen molar-refractivity contribution in [2.45, 2.75) is 284 Å². The second kappa shape index (κ2) is 58.9. The number of rotatable bonds is 53. The Morgan fingerprint density at radius 3 is 0.986 bits per heavy atom. The Bertz CT molecular complexity index is 1410. The Morgan fingerprint density at radius 1 is 0.310 bits per heavy atom. The van der Waals surface area contributed by atoms with Crippen molar-refractivity contribution < 1.29 is 28.6 Å². The minimum atomic E-state index is -0.823. The number of esters is 3. The third kappa shape index (κ3) is 57.1. The molecule has 0 fully saturated rings. The summed E-state index contributed by atoms with van der Waals surface area (Å²) in [6.45, 7) is 6.34. The molecule has 0 saturated heterocycles. The van der Waals surface area contributed by atoms with Crippen molar-refractivity contribution in [3.8, 4) is 0 Å². The molecule has 0 aliphatic rings. The summed E-state index contributed by atoms with van der Waals surface area (Å²) in [5.41, 5.74) is 0. The van der Waals surface area contributed by atoms with E-state index in [2.05, 4.69) is 106 Å². The molecule has 0 aromatic carbocycles. The van der Waals surface area contributed by atoms with Crippen LogP contribution in [0.3, 0.4) is 0 Å². The van der Waals surface area contributed by atoms with E-state index in [0.29, 0.717) is 12.8 Å². The van der Waals surface area contributed by atoms with Crippen LogP contribution >= 0.6 is 0 Å². The average Bonchev–Trinajstić information content (AvgIpc) is 3.37. The van der Waals surface area contributed by atoms with Crippen LogP contribution in [-0.2, 0) is 28.6 Å². The van der Waals surface area contributed by atoms with Crippen molar-refractivity contribution >= 4 is 17.9 Å². The zero-order valence-electron chi connectivity index (χ0n) is 46.5. The largest absolute Gasteiger partial charge is 0.462 e. The molecule has 1 atom stereocenters. The molecule has 0 aliphatic heterocycles. The molecule has 406 valence electrons. The summed E-state index contributed by atoms with van der Waals surface area (Å²) in [6.07, 6.45) is 78.6. The van der Waals surface area contributed by atoms with E-state index in [4.69, 9.17) is 14.2 Å². The molecule has 0 saturated carbocycles. The van der Waals surface area contributed by atoms with Gasteiger partial charge in [0.15, 0.2) is 6.10 Å². The summed E-state index contributed by atoms with van der Waals surface area (Å²) in [6, 6.07) is 0. The summed E-state index contributed by atoms with van der Waals surface area (Å²) >= 11 is 0. The normalized spacial score (nSPS) is 12.8. The van der Waals surface area contributed by atoms with Gasteiger partial charge in [0, 0.05) is 12.8 Å². The first kappa shape index (κ1) is 67.3. The number of carbonyl (C=O) groups is 3. The van der Waals surface area contributed by atoms with E-state index in [-0.39, 0.29) is 31.6 Å². The summed E-state index contributed by atoms with van der Waals surface area (Å²) in [7, 11) is 0. The summed E-state index contributed by atoms with van der Waals surface area (Å²) < 4.78 is 16.8. The van der Waals surface area contributed by atoms with E-state index in [1.807, 2.05) is 6.08 Å². The van der Waals surface area contributed by atoms with Gasteiger partial charge < -0.3 is 14.2 Å². The van der Waals surface area contributed by atoms with Crippen LogP contribution in [0.4, 0.5) is 0 Å². The summed E-state index contributed by atoms with van der Waals surface area (Å²) in [5, 5.41) is 0. The molecular formula is C65H110O6. The summed E-state index contributed by atoms with van der Waals surface area (Å²) in [4.78, 5) is 38.1. The van der Waals surface area contributed by atoms with Crippen molar-refractivity contribution in [2.24, 2.45) is 0 Å². The van der Waals surface area contributed by atoms with E-state index < -0.39 is 12.1 Å². The van der Waals surface area contributed by atoms with Crippen LogP contribution in [-0.4, -0.2) is 37.2 Å². The van der Waals surface area contributed by atoms with Crippen molar-refractivity contribution in [2.75, 3.05) is 13.2 Å². The van der Waals surface area contributed by atoms with Gasteiger partial charge in [0.05, 0.1) is 6.42 Å². The first-order valence-corrected chi connectivity index (χ1v) is 29.7. The minimum absolute atomic E-state index is 0.110. The fraction of sp³-hybridized carbons (Fsp3) is 0.708. The molecule has 0 bridgehead atoms. The minimum Gasteiger partial charge on any atom is -0.462 e. The third-order valence-corrected chi connectivity index (χ3v) is 12.6. The Kier molecular flexibility index (Phi) is 55.9. The molecule has 6 nitrogen and oxygen atoms in total. The number of allylic oxidation sites excluding steroid dienone is 15. The highest BCUT2D eigenvalue weighted by molar-refractivity contribution is 5.72. The van der Waals surface area contributed by atoms with Crippen LogP contribution < -0.4 is 0 Å². The molecule has 0 amide bonds. The molecule has 0 aromatic rings. The Morgan fingerprint density at radius 2 is 0.606 bits per heavy atom. The number of ether oxygens (including phenoxy) is 3. The lowest BCUT2D eigenvalue weighted by Gasteiger charge is -2.18. The molecule has 0 aromatic heterocycles. The Labute approximate surface area is 438 Å². The van der Waals surface area contributed by atoms with E-state index in [9.17, 15) is 14.4 Å². The lowest BCUT2D eigenvalue weighted by atomic mass is 10.0. The maximum atomic E-state index is 12.9. The van der Waals surface area contributed by atoms with E-state index in [1.165, 1.54) is 141 Å². The van der Waals surface area contributed by atoms with Gasteiger partial charge in [-0.2, -0.15) is 0 Å². The number of hydrogen-bond donors (Lipinski definition) is 0. The van der Waals surface area contributed by atoms with E-state index in [0.717, 1.165) is 96.3 Å². The second-order valence-electron chi connectivity index (χ2n) is 19.5. The van der Waals surface area contributed by atoms with Gasteiger partial charge in [-0.05, 0) is 77.0 Å². The molecule has 1 unspecified atom stereocenters. The fourth-order valence-corrected chi connectivity index (χ4v) is 8.24. The monoisotopic (exact) mass is 987 g/mol. The van der Waals surface area contributed by atoms with Crippen LogP contribution in [0.25, 0.3) is 0 Å². The van der Waals surface area contributed by atoms with Crippen molar-refractivity contribution in [1.82, 2.24) is 0 Å². The fourth-order valence-electron chi connectivity index (χ4n) is 8.24. The Balaban J connectivity index is 4.43. The van der Waals surface area contributed by atoms with Crippen molar-refractivity contribution in [3.63, 3.8) is 0 Å². The van der Waals surface area contributed by atoms with Gasteiger partial charge in [-0.1, -0.05) is 279 Å². The van der Waals surface area contributed by atoms with Crippen LogP contribution in [0.15, 0.2) is 97.2 Å². The predicted octanol–water partition coefficient (Wildman–Crippen LogP) is 20.1. The van der Waals surface area contributed by atoms with Gasteiger partial charge in [0.1, 0.15) is 13.2 Å². The van der Waals surface area contributed by atoms with Crippen LogP contribution in [0.1, 0.15) is 278 Å². The maximum Gasteiger partial charge on any atom is 0.309 e. The smallest absolute Gasteiger partial charge is 0.309 e. The zero-order chi connectivity index (χ0) is 51.4. The molecule has 6 heteroatoms. The third-order valence-electron chi connectivity index (χ3n) is 12.6. The van der Waals surface area contributed by atoms with Crippen molar-refractivity contribution in [1.29, 1.82) is 0 Å². The molecule has 0 rings (SSSR count). The van der Waals surface area contributed by atoms with E-state index >= 15 is 0 Å².